The standard InChI is InChI=1S/C30H47NO6/c1-17-27(31)24(34-4)15-26(36-17)37-20-7-10-28(2)19(14-20)5-6-23-22(28)8-11-29(3)21(9-12-30(23,29)33)18-13-25(32)35-16-18/h13,17,19-24,26-27,33H,5-12,14-16,31H2,1-4H3/t17-,19-,20+,21-,22+,23-,24+,26-,27-,28+,29-,30+/m1/s1. The molecule has 1 saturated heterocycles. The molecule has 12 atom stereocenters. The number of hydrogen-bond donors (Lipinski definition) is 2. The van der Waals surface area contributed by atoms with Crippen LogP contribution < -0.4 is 5.73 Å². The SMILES string of the molecule is CO[C@H]1C[C@@H](O[C@H]2CC[C@@]3(C)[C@H](CC[C@@H]4[C@@H]3CC[C@]3(C)[C@@H](C5=CC(=O)OC5)CC[C@]43O)C2)O[C@H](C)[C@H]1N. The largest absolute Gasteiger partial charge is 0.458 e. The van der Waals surface area contributed by atoms with Gasteiger partial charge < -0.3 is 29.8 Å². The molecule has 2 heterocycles. The number of methoxy groups -OCH3 is 1. The highest BCUT2D eigenvalue weighted by Gasteiger charge is 2.67. The van der Waals surface area contributed by atoms with Crippen molar-refractivity contribution in [3.05, 3.63) is 11.6 Å². The smallest absolute Gasteiger partial charge is 0.331 e. The van der Waals surface area contributed by atoms with Gasteiger partial charge in [-0.05, 0) is 99.4 Å². The van der Waals surface area contributed by atoms with E-state index in [4.69, 9.17) is 24.7 Å². The molecule has 0 amide bonds. The van der Waals surface area contributed by atoms with Gasteiger partial charge in [-0.15, -0.1) is 0 Å². The highest BCUT2D eigenvalue weighted by Crippen LogP contribution is 2.70. The van der Waals surface area contributed by atoms with Gasteiger partial charge in [-0.2, -0.15) is 0 Å². The molecule has 7 nitrogen and oxygen atoms in total. The summed E-state index contributed by atoms with van der Waals surface area (Å²) in [5.41, 5.74) is 6.76. The van der Waals surface area contributed by atoms with Gasteiger partial charge >= 0.3 is 5.97 Å². The summed E-state index contributed by atoms with van der Waals surface area (Å²) >= 11 is 0. The van der Waals surface area contributed by atoms with Crippen LogP contribution in [0.2, 0.25) is 0 Å². The van der Waals surface area contributed by atoms with E-state index in [0.717, 1.165) is 63.4 Å². The van der Waals surface area contributed by atoms with Crippen LogP contribution >= 0.6 is 0 Å². The van der Waals surface area contributed by atoms with Gasteiger partial charge in [0.1, 0.15) is 6.61 Å². The first-order valence-corrected chi connectivity index (χ1v) is 14.8. The molecule has 2 aliphatic heterocycles. The van der Waals surface area contributed by atoms with Crippen molar-refractivity contribution in [2.75, 3.05) is 13.7 Å². The summed E-state index contributed by atoms with van der Waals surface area (Å²) in [7, 11) is 1.72. The number of carbonyl (C=O) groups is 1. The molecular formula is C30H47NO6. The summed E-state index contributed by atoms with van der Waals surface area (Å²) in [6.07, 6.45) is 11.7. The molecule has 0 aromatic rings. The van der Waals surface area contributed by atoms with Gasteiger partial charge in [0.05, 0.1) is 30.0 Å². The highest BCUT2D eigenvalue weighted by atomic mass is 16.7. The van der Waals surface area contributed by atoms with Crippen molar-refractivity contribution in [1.29, 1.82) is 0 Å². The van der Waals surface area contributed by atoms with Crippen molar-refractivity contribution in [3.8, 4) is 0 Å². The van der Waals surface area contributed by atoms with Gasteiger partial charge in [-0.1, -0.05) is 13.8 Å². The fourth-order valence-electron chi connectivity index (χ4n) is 10.1. The second-order valence-corrected chi connectivity index (χ2v) is 13.7. The van der Waals surface area contributed by atoms with Crippen molar-refractivity contribution in [2.24, 2.45) is 40.2 Å². The number of rotatable bonds is 4. The summed E-state index contributed by atoms with van der Waals surface area (Å²) < 4.78 is 23.5. The number of nitrogens with two attached hydrogens (primary N) is 1. The van der Waals surface area contributed by atoms with Crippen LogP contribution in [-0.4, -0.2) is 61.0 Å². The van der Waals surface area contributed by atoms with Crippen LogP contribution in [0, 0.1) is 34.5 Å². The first-order chi connectivity index (χ1) is 17.6. The van der Waals surface area contributed by atoms with Crippen LogP contribution in [0.5, 0.6) is 0 Å². The normalized spacial score (nSPS) is 53.6. The van der Waals surface area contributed by atoms with Gasteiger partial charge in [0.25, 0.3) is 0 Å². The summed E-state index contributed by atoms with van der Waals surface area (Å²) in [4.78, 5) is 11.8. The molecule has 3 N–H and O–H groups in total. The van der Waals surface area contributed by atoms with E-state index in [9.17, 15) is 9.90 Å². The number of esters is 1. The lowest BCUT2D eigenvalue weighted by Crippen LogP contribution is -2.62. The molecule has 0 spiro atoms. The number of cyclic esters (lactones) is 1. The third kappa shape index (κ3) is 3.97. The van der Waals surface area contributed by atoms with Crippen molar-refractivity contribution < 1.29 is 28.8 Å². The Kier molecular flexibility index (Phi) is 6.59. The van der Waals surface area contributed by atoms with Crippen LogP contribution in [0.15, 0.2) is 11.6 Å². The molecule has 6 aliphatic rings. The Bertz CT molecular complexity index is 939. The van der Waals surface area contributed by atoms with Crippen molar-refractivity contribution in [2.45, 2.75) is 121 Å². The highest BCUT2D eigenvalue weighted by molar-refractivity contribution is 5.85. The lowest BCUT2D eigenvalue weighted by atomic mass is 9.43. The van der Waals surface area contributed by atoms with E-state index in [1.54, 1.807) is 13.2 Å². The molecule has 0 aromatic carbocycles. The molecule has 4 saturated carbocycles. The van der Waals surface area contributed by atoms with Crippen LogP contribution in [-0.2, 0) is 23.7 Å². The number of ether oxygens (including phenoxy) is 4. The Balaban J connectivity index is 1.15. The van der Waals surface area contributed by atoms with Gasteiger partial charge in [0.2, 0.25) is 0 Å². The molecule has 6 rings (SSSR count). The number of carbonyl (C=O) groups excluding carboxylic acids is 1. The Hall–Kier alpha value is -0.990. The molecule has 4 aliphatic carbocycles. The second-order valence-electron chi connectivity index (χ2n) is 13.7. The molecule has 0 aromatic heterocycles. The predicted octanol–water partition coefficient (Wildman–Crippen LogP) is 4.11. The Labute approximate surface area is 221 Å². The average Bonchev–Trinajstić information content (AvgIpc) is 3.41. The van der Waals surface area contributed by atoms with Crippen molar-refractivity contribution in [3.63, 3.8) is 0 Å². The molecule has 208 valence electrons. The molecule has 5 fully saturated rings. The van der Waals surface area contributed by atoms with Gasteiger partial charge in [-0.25, -0.2) is 4.79 Å². The van der Waals surface area contributed by atoms with E-state index in [0.29, 0.717) is 30.8 Å². The maximum Gasteiger partial charge on any atom is 0.331 e. The molecule has 7 heteroatoms. The van der Waals surface area contributed by atoms with Crippen molar-refractivity contribution in [1.82, 2.24) is 0 Å². The zero-order valence-corrected chi connectivity index (χ0v) is 23.1. The van der Waals surface area contributed by atoms with Crippen LogP contribution in [0.3, 0.4) is 0 Å². The lowest BCUT2D eigenvalue weighted by Gasteiger charge is -2.64. The van der Waals surface area contributed by atoms with Crippen LogP contribution in [0.1, 0.15) is 85.0 Å². The van der Waals surface area contributed by atoms with E-state index >= 15 is 0 Å². The maximum atomic E-state index is 12.4. The number of hydrogen-bond acceptors (Lipinski definition) is 7. The maximum absolute atomic E-state index is 12.4. The summed E-state index contributed by atoms with van der Waals surface area (Å²) in [6.45, 7) is 7.22. The number of fused-ring (bicyclic) bond motifs is 5. The van der Waals surface area contributed by atoms with Crippen LogP contribution in [0.25, 0.3) is 0 Å². The first kappa shape index (κ1) is 26.2. The van der Waals surface area contributed by atoms with E-state index in [1.165, 1.54) is 0 Å². The molecule has 0 radical (unpaired) electrons. The molecule has 0 bridgehead atoms. The number of aliphatic hydroxyl groups is 1. The minimum Gasteiger partial charge on any atom is -0.458 e. The zero-order valence-electron chi connectivity index (χ0n) is 23.1. The molecular weight excluding hydrogens is 470 g/mol. The first-order valence-electron chi connectivity index (χ1n) is 14.8. The average molecular weight is 518 g/mol. The van der Waals surface area contributed by atoms with E-state index < -0.39 is 5.60 Å². The van der Waals surface area contributed by atoms with Crippen LogP contribution in [0.4, 0.5) is 0 Å². The van der Waals surface area contributed by atoms with Crippen molar-refractivity contribution >= 4 is 5.97 Å². The fourth-order valence-corrected chi connectivity index (χ4v) is 10.1. The Morgan fingerprint density at radius 3 is 2.59 bits per heavy atom. The minimum absolute atomic E-state index is 0.0322. The Morgan fingerprint density at radius 2 is 1.86 bits per heavy atom. The summed E-state index contributed by atoms with van der Waals surface area (Å²) in [5.74, 6) is 1.52. The summed E-state index contributed by atoms with van der Waals surface area (Å²) in [6, 6.07) is -0.120. The van der Waals surface area contributed by atoms with E-state index in [1.807, 2.05) is 6.92 Å². The molecule has 37 heavy (non-hydrogen) atoms. The topological polar surface area (TPSA) is 100 Å². The predicted molar refractivity (Wildman–Crippen MR) is 138 cm³/mol. The van der Waals surface area contributed by atoms with Gasteiger partial charge in [0.15, 0.2) is 6.29 Å². The van der Waals surface area contributed by atoms with Gasteiger partial charge in [-0.3, -0.25) is 0 Å². The van der Waals surface area contributed by atoms with E-state index in [-0.39, 0.29) is 53.4 Å². The van der Waals surface area contributed by atoms with E-state index in [2.05, 4.69) is 13.8 Å². The van der Waals surface area contributed by atoms with Gasteiger partial charge in [0, 0.05) is 25.0 Å². The second kappa shape index (κ2) is 9.29. The monoisotopic (exact) mass is 517 g/mol. The molecule has 0 unspecified atom stereocenters. The minimum atomic E-state index is -0.658. The fraction of sp³-hybridized carbons (Fsp3) is 0.900. The third-order valence-electron chi connectivity index (χ3n) is 12.3. The third-order valence-corrected chi connectivity index (χ3v) is 12.3. The quantitative estimate of drug-likeness (QED) is 0.428. The zero-order chi connectivity index (χ0) is 26.2. The summed E-state index contributed by atoms with van der Waals surface area (Å²) in [5, 5.41) is 12.4. The lowest BCUT2D eigenvalue weighted by molar-refractivity contribution is -0.254. The Morgan fingerprint density at radius 1 is 1.05 bits per heavy atom.